The molecule has 1 aromatic rings. The molecule has 0 amide bonds. The van der Waals surface area contributed by atoms with Crippen molar-refractivity contribution in [2.75, 3.05) is 30.4 Å². The van der Waals surface area contributed by atoms with E-state index in [4.69, 9.17) is 0 Å². The van der Waals surface area contributed by atoms with Crippen LogP contribution in [0.5, 0.6) is 0 Å². The molecule has 106 valence electrons. The van der Waals surface area contributed by atoms with Gasteiger partial charge in [-0.1, -0.05) is 0 Å². The highest BCUT2D eigenvalue weighted by molar-refractivity contribution is 5.49. The Labute approximate surface area is 108 Å². The number of pyridine rings is 1. The number of rotatable bonds is 2. The summed E-state index contributed by atoms with van der Waals surface area (Å²) < 4.78 is 51.1. The lowest BCUT2D eigenvalue weighted by molar-refractivity contribution is -0.179. The molecule has 3 nitrogen and oxygen atoms in total. The number of anilines is 2. The zero-order valence-electron chi connectivity index (χ0n) is 10.5. The number of hydrogen-bond donors (Lipinski definition) is 1. The quantitative estimate of drug-likeness (QED) is 0.665. The number of piperidine rings is 1. The molecule has 1 aromatic heterocycles. The van der Waals surface area contributed by atoms with Crippen LogP contribution in [0.3, 0.4) is 0 Å². The van der Waals surface area contributed by atoms with Gasteiger partial charge in [-0.05, 0) is 25.0 Å². The highest BCUT2D eigenvalue weighted by atomic mass is 19.4. The van der Waals surface area contributed by atoms with Crippen molar-refractivity contribution >= 4 is 11.5 Å². The van der Waals surface area contributed by atoms with Crippen LogP contribution in [0.25, 0.3) is 0 Å². The van der Waals surface area contributed by atoms with E-state index in [9.17, 15) is 17.6 Å². The molecule has 7 heteroatoms. The van der Waals surface area contributed by atoms with Gasteiger partial charge in [0.15, 0.2) is 0 Å². The fraction of sp³-hybridized carbons (Fsp3) is 0.583. The second kappa shape index (κ2) is 5.22. The van der Waals surface area contributed by atoms with Crippen molar-refractivity contribution in [1.29, 1.82) is 0 Å². The average Bonchev–Trinajstić information content (AvgIpc) is 2.38. The molecule has 1 aliphatic rings. The summed E-state index contributed by atoms with van der Waals surface area (Å²) in [6.45, 7) is 0.491. The summed E-state index contributed by atoms with van der Waals surface area (Å²) in [5, 5.41) is 2.65. The Balaban J connectivity index is 2.04. The highest BCUT2D eigenvalue weighted by Crippen LogP contribution is 2.35. The van der Waals surface area contributed by atoms with Crippen LogP contribution in [0.2, 0.25) is 0 Å². The van der Waals surface area contributed by atoms with E-state index < -0.39 is 18.0 Å². The Morgan fingerprint density at radius 1 is 1.26 bits per heavy atom. The van der Waals surface area contributed by atoms with E-state index in [1.807, 2.05) is 0 Å². The highest BCUT2D eigenvalue weighted by Gasteiger charge is 2.41. The predicted octanol–water partition coefficient (Wildman–Crippen LogP) is 3.04. The fourth-order valence-electron chi connectivity index (χ4n) is 2.22. The lowest BCUT2D eigenvalue weighted by Crippen LogP contribution is -2.39. The maximum Gasteiger partial charge on any atom is 0.391 e. The van der Waals surface area contributed by atoms with Crippen molar-refractivity contribution in [3.63, 3.8) is 0 Å². The SMILES string of the molecule is CNc1ccc(N2CCC(C(F)(F)F)CC2)nc1F. The second-order valence-corrected chi connectivity index (χ2v) is 4.56. The first kappa shape index (κ1) is 13.9. The molecule has 0 atom stereocenters. The summed E-state index contributed by atoms with van der Waals surface area (Å²) in [6.07, 6.45) is -4.08. The first-order valence-corrected chi connectivity index (χ1v) is 6.08. The summed E-state index contributed by atoms with van der Waals surface area (Å²) in [7, 11) is 1.58. The van der Waals surface area contributed by atoms with Crippen molar-refractivity contribution in [2.24, 2.45) is 5.92 Å². The van der Waals surface area contributed by atoms with Gasteiger partial charge in [0.05, 0.1) is 11.6 Å². The third-order valence-corrected chi connectivity index (χ3v) is 3.39. The van der Waals surface area contributed by atoms with Crippen molar-refractivity contribution in [1.82, 2.24) is 4.98 Å². The van der Waals surface area contributed by atoms with Gasteiger partial charge in [-0.2, -0.15) is 17.6 Å². The van der Waals surface area contributed by atoms with Gasteiger partial charge in [-0.15, -0.1) is 0 Å². The summed E-state index contributed by atoms with van der Waals surface area (Å²) in [4.78, 5) is 5.46. The largest absolute Gasteiger partial charge is 0.391 e. The number of nitrogens with zero attached hydrogens (tertiary/aromatic N) is 2. The molecule has 1 saturated heterocycles. The molecule has 0 saturated carbocycles. The molecule has 2 rings (SSSR count). The van der Waals surface area contributed by atoms with Crippen LogP contribution in [0.15, 0.2) is 12.1 Å². The zero-order valence-corrected chi connectivity index (χ0v) is 10.5. The minimum absolute atomic E-state index is 0.0284. The standard InChI is InChI=1S/C12H15F4N3/c1-17-9-2-3-10(18-11(9)13)19-6-4-8(5-7-19)12(14,15)16/h2-3,8,17H,4-7H2,1H3. The molecule has 0 radical (unpaired) electrons. The van der Waals surface area contributed by atoms with Crippen LogP contribution >= 0.6 is 0 Å². The molecule has 1 fully saturated rings. The monoisotopic (exact) mass is 277 g/mol. The van der Waals surface area contributed by atoms with E-state index in [0.717, 1.165) is 0 Å². The minimum atomic E-state index is -4.14. The average molecular weight is 277 g/mol. The van der Waals surface area contributed by atoms with Crippen LogP contribution in [0.4, 0.5) is 29.1 Å². The van der Waals surface area contributed by atoms with Crippen LogP contribution in [0, 0.1) is 11.9 Å². The van der Waals surface area contributed by atoms with E-state index in [0.29, 0.717) is 5.82 Å². The van der Waals surface area contributed by atoms with Gasteiger partial charge < -0.3 is 10.2 Å². The molecule has 2 heterocycles. The molecular formula is C12H15F4N3. The number of alkyl halides is 3. The van der Waals surface area contributed by atoms with Gasteiger partial charge >= 0.3 is 6.18 Å². The lowest BCUT2D eigenvalue weighted by atomic mass is 9.96. The minimum Gasteiger partial charge on any atom is -0.384 e. The lowest BCUT2D eigenvalue weighted by Gasteiger charge is -2.33. The van der Waals surface area contributed by atoms with E-state index in [-0.39, 0.29) is 31.6 Å². The van der Waals surface area contributed by atoms with Crippen molar-refractivity contribution in [3.8, 4) is 0 Å². The third kappa shape index (κ3) is 3.08. The van der Waals surface area contributed by atoms with E-state index in [1.54, 1.807) is 18.0 Å². The molecule has 1 N–H and O–H groups in total. The number of halogens is 4. The van der Waals surface area contributed by atoms with Crippen molar-refractivity contribution in [2.45, 2.75) is 19.0 Å². The molecular weight excluding hydrogens is 262 g/mol. The van der Waals surface area contributed by atoms with Gasteiger partial charge in [-0.3, -0.25) is 0 Å². The topological polar surface area (TPSA) is 28.2 Å². The van der Waals surface area contributed by atoms with Crippen LogP contribution in [0.1, 0.15) is 12.8 Å². The number of hydrogen-bond acceptors (Lipinski definition) is 3. The summed E-state index contributed by atoms with van der Waals surface area (Å²) in [5.41, 5.74) is 0.272. The first-order valence-electron chi connectivity index (χ1n) is 6.08. The predicted molar refractivity (Wildman–Crippen MR) is 64.7 cm³/mol. The Hall–Kier alpha value is -1.53. The maximum atomic E-state index is 13.5. The molecule has 0 spiro atoms. The van der Waals surface area contributed by atoms with Crippen molar-refractivity contribution in [3.05, 3.63) is 18.1 Å². The molecule has 0 aliphatic carbocycles. The van der Waals surface area contributed by atoms with Crippen LogP contribution in [-0.2, 0) is 0 Å². The Kier molecular flexibility index (Phi) is 3.82. The Bertz CT molecular complexity index is 439. The fourth-order valence-corrected chi connectivity index (χ4v) is 2.22. The molecule has 0 unspecified atom stereocenters. The Morgan fingerprint density at radius 3 is 2.37 bits per heavy atom. The van der Waals surface area contributed by atoms with Crippen molar-refractivity contribution < 1.29 is 17.6 Å². The van der Waals surface area contributed by atoms with Crippen LogP contribution in [-0.4, -0.2) is 31.3 Å². The van der Waals surface area contributed by atoms with E-state index >= 15 is 0 Å². The number of nitrogens with one attached hydrogen (secondary N) is 1. The molecule has 0 aromatic carbocycles. The summed E-state index contributed by atoms with van der Waals surface area (Å²) in [6, 6.07) is 3.15. The van der Waals surface area contributed by atoms with Gasteiger partial charge in [0.2, 0.25) is 5.95 Å². The Morgan fingerprint density at radius 2 is 1.89 bits per heavy atom. The van der Waals surface area contributed by atoms with E-state index in [1.165, 1.54) is 6.07 Å². The smallest absolute Gasteiger partial charge is 0.384 e. The zero-order chi connectivity index (χ0) is 14.0. The van der Waals surface area contributed by atoms with Crippen LogP contribution < -0.4 is 10.2 Å². The summed E-state index contributed by atoms with van der Waals surface area (Å²) >= 11 is 0. The van der Waals surface area contributed by atoms with Gasteiger partial charge in [0.25, 0.3) is 0 Å². The molecule has 1 aliphatic heterocycles. The third-order valence-electron chi connectivity index (χ3n) is 3.39. The molecule has 19 heavy (non-hydrogen) atoms. The number of aromatic nitrogens is 1. The first-order chi connectivity index (χ1) is 8.91. The van der Waals surface area contributed by atoms with E-state index in [2.05, 4.69) is 10.3 Å². The molecule has 0 bridgehead atoms. The second-order valence-electron chi connectivity index (χ2n) is 4.56. The van der Waals surface area contributed by atoms with Gasteiger partial charge in [-0.25, -0.2) is 4.98 Å². The van der Waals surface area contributed by atoms with Gasteiger partial charge in [0, 0.05) is 20.1 Å². The maximum absolute atomic E-state index is 13.5. The normalized spacial score (nSPS) is 17.6. The van der Waals surface area contributed by atoms with Gasteiger partial charge in [0.1, 0.15) is 5.82 Å². The summed E-state index contributed by atoms with van der Waals surface area (Å²) in [5.74, 6) is -1.51.